The fourth-order valence-corrected chi connectivity index (χ4v) is 2.61. The Morgan fingerprint density at radius 2 is 2.26 bits per heavy atom. The van der Waals surface area contributed by atoms with Crippen LogP contribution >= 0.6 is 11.6 Å². The van der Waals surface area contributed by atoms with Gasteiger partial charge in [-0.15, -0.1) is 0 Å². The van der Waals surface area contributed by atoms with Gasteiger partial charge in [0.05, 0.1) is 10.7 Å². The Kier molecular flexibility index (Phi) is 4.17. The summed E-state index contributed by atoms with van der Waals surface area (Å²) in [6, 6.07) is 5.60. The average molecular weight is 284 g/mol. The van der Waals surface area contributed by atoms with Gasteiger partial charge in [-0.1, -0.05) is 23.7 Å². The molecule has 0 saturated carbocycles. The number of piperazine rings is 1. The molecule has 1 amide bonds. The minimum absolute atomic E-state index is 0.00825. The molecule has 1 aromatic carbocycles. The number of nitrogens with two attached hydrogens (primary N) is 1. The molecule has 1 aliphatic rings. The molecule has 5 nitrogen and oxygen atoms in total. The summed E-state index contributed by atoms with van der Waals surface area (Å²) in [5.74, 6) is 0. The van der Waals surface area contributed by atoms with Crippen LogP contribution in [0.1, 0.15) is 12.5 Å². The number of anilines is 1. The Balaban J connectivity index is 2.02. The number of nitrogen functional groups attached to an aromatic ring is 1. The Morgan fingerprint density at radius 3 is 2.89 bits per heavy atom. The van der Waals surface area contributed by atoms with Crippen molar-refractivity contribution in [3.05, 3.63) is 28.8 Å². The normalized spacial score (nSPS) is 20.5. The van der Waals surface area contributed by atoms with Crippen LogP contribution in [0.4, 0.5) is 10.5 Å². The fraction of sp³-hybridized carbons (Fsp3) is 0.462. The SMILES string of the molecule is CC1CN(Cc2cccc(N)c2Cl)CCN1C(=O)O. The van der Waals surface area contributed by atoms with E-state index in [1.807, 2.05) is 19.1 Å². The second-order valence-corrected chi connectivity index (χ2v) is 5.26. The van der Waals surface area contributed by atoms with E-state index >= 15 is 0 Å². The van der Waals surface area contributed by atoms with E-state index in [2.05, 4.69) is 4.90 Å². The van der Waals surface area contributed by atoms with Crippen LogP contribution in [0.25, 0.3) is 0 Å². The summed E-state index contributed by atoms with van der Waals surface area (Å²) in [4.78, 5) is 14.7. The van der Waals surface area contributed by atoms with E-state index < -0.39 is 6.09 Å². The fourth-order valence-electron chi connectivity index (χ4n) is 2.42. The lowest BCUT2D eigenvalue weighted by Crippen LogP contribution is -2.53. The van der Waals surface area contributed by atoms with Crippen molar-refractivity contribution in [2.75, 3.05) is 25.4 Å². The second kappa shape index (κ2) is 5.67. The third-order valence-corrected chi connectivity index (χ3v) is 3.92. The number of nitrogens with zero attached hydrogens (tertiary/aromatic N) is 2. The molecule has 0 aromatic heterocycles. The molecule has 1 aromatic rings. The zero-order valence-corrected chi connectivity index (χ0v) is 11.6. The van der Waals surface area contributed by atoms with Gasteiger partial charge < -0.3 is 15.7 Å². The summed E-state index contributed by atoms with van der Waals surface area (Å²) in [5, 5.41) is 9.63. The molecular weight excluding hydrogens is 266 g/mol. The number of rotatable bonds is 2. The Bertz CT molecular complexity index is 481. The Morgan fingerprint density at radius 1 is 1.53 bits per heavy atom. The summed E-state index contributed by atoms with van der Waals surface area (Å²) >= 11 is 6.17. The summed E-state index contributed by atoms with van der Waals surface area (Å²) < 4.78 is 0. The second-order valence-electron chi connectivity index (χ2n) is 4.88. The van der Waals surface area contributed by atoms with Crippen LogP contribution in [0.5, 0.6) is 0 Å². The van der Waals surface area contributed by atoms with Gasteiger partial charge in [0.1, 0.15) is 0 Å². The number of carboxylic acid groups (broad SMARTS) is 1. The number of amides is 1. The first-order valence-corrected chi connectivity index (χ1v) is 6.61. The molecule has 3 N–H and O–H groups in total. The molecule has 19 heavy (non-hydrogen) atoms. The Labute approximate surface area is 117 Å². The number of hydrogen-bond donors (Lipinski definition) is 2. The predicted octanol–water partition coefficient (Wildman–Crippen LogP) is 2.11. The highest BCUT2D eigenvalue weighted by atomic mass is 35.5. The molecule has 2 rings (SSSR count). The van der Waals surface area contributed by atoms with Gasteiger partial charge >= 0.3 is 6.09 Å². The average Bonchev–Trinajstić information content (AvgIpc) is 2.34. The molecule has 0 radical (unpaired) electrons. The number of halogens is 1. The molecule has 0 spiro atoms. The van der Waals surface area contributed by atoms with Crippen LogP contribution in [-0.4, -0.2) is 46.7 Å². The van der Waals surface area contributed by atoms with E-state index in [0.717, 1.165) is 5.56 Å². The lowest BCUT2D eigenvalue weighted by atomic mass is 10.1. The van der Waals surface area contributed by atoms with E-state index in [1.54, 1.807) is 6.07 Å². The summed E-state index contributed by atoms with van der Waals surface area (Å²) in [5.41, 5.74) is 7.34. The van der Waals surface area contributed by atoms with Gasteiger partial charge in [-0.3, -0.25) is 4.90 Å². The number of benzene rings is 1. The van der Waals surface area contributed by atoms with Crippen molar-refractivity contribution >= 4 is 23.4 Å². The van der Waals surface area contributed by atoms with E-state index in [-0.39, 0.29) is 6.04 Å². The molecule has 1 aliphatic heterocycles. The summed E-state index contributed by atoms with van der Waals surface area (Å²) in [6.07, 6.45) is -0.853. The lowest BCUT2D eigenvalue weighted by Gasteiger charge is -2.38. The molecule has 1 atom stereocenters. The minimum Gasteiger partial charge on any atom is -0.465 e. The maximum atomic E-state index is 11.0. The summed E-state index contributed by atoms with van der Waals surface area (Å²) in [6.45, 7) is 4.55. The monoisotopic (exact) mass is 283 g/mol. The first-order chi connectivity index (χ1) is 8.99. The van der Waals surface area contributed by atoms with Gasteiger partial charge in [0.15, 0.2) is 0 Å². The van der Waals surface area contributed by atoms with Crippen LogP contribution in [0.2, 0.25) is 5.02 Å². The molecular formula is C13H18ClN3O2. The van der Waals surface area contributed by atoms with Crippen molar-refractivity contribution in [1.29, 1.82) is 0 Å². The zero-order valence-electron chi connectivity index (χ0n) is 10.8. The highest BCUT2D eigenvalue weighted by Crippen LogP contribution is 2.25. The molecule has 1 fully saturated rings. The van der Waals surface area contributed by atoms with Crippen LogP contribution < -0.4 is 5.73 Å². The van der Waals surface area contributed by atoms with E-state index in [9.17, 15) is 4.79 Å². The van der Waals surface area contributed by atoms with Crippen LogP contribution in [0.3, 0.4) is 0 Å². The molecule has 1 unspecified atom stereocenters. The maximum Gasteiger partial charge on any atom is 0.407 e. The lowest BCUT2D eigenvalue weighted by molar-refractivity contribution is 0.0711. The van der Waals surface area contributed by atoms with Crippen molar-refractivity contribution in [2.24, 2.45) is 0 Å². The van der Waals surface area contributed by atoms with Gasteiger partial charge in [0.2, 0.25) is 0 Å². The largest absolute Gasteiger partial charge is 0.465 e. The highest BCUT2D eigenvalue weighted by molar-refractivity contribution is 6.33. The van der Waals surface area contributed by atoms with Crippen molar-refractivity contribution in [2.45, 2.75) is 19.5 Å². The molecule has 6 heteroatoms. The van der Waals surface area contributed by atoms with Crippen molar-refractivity contribution in [3.8, 4) is 0 Å². The third kappa shape index (κ3) is 3.11. The first-order valence-electron chi connectivity index (χ1n) is 6.24. The highest BCUT2D eigenvalue weighted by Gasteiger charge is 2.27. The quantitative estimate of drug-likeness (QED) is 0.816. The summed E-state index contributed by atoms with van der Waals surface area (Å²) in [7, 11) is 0. The maximum absolute atomic E-state index is 11.0. The van der Waals surface area contributed by atoms with Crippen molar-refractivity contribution in [3.63, 3.8) is 0 Å². The first kappa shape index (κ1) is 14.0. The standard InChI is InChI=1S/C13H18ClN3O2/c1-9-7-16(5-6-17(9)13(18)19)8-10-3-2-4-11(15)12(10)14/h2-4,9H,5-8,15H2,1H3,(H,18,19). The molecule has 0 bridgehead atoms. The van der Waals surface area contributed by atoms with Gasteiger partial charge in [0, 0.05) is 32.2 Å². The smallest absolute Gasteiger partial charge is 0.407 e. The predicted molar refractivity (Wildman–Crippen MR) is 75.3 cm³/mol. The third-order valence-electron chi connectivity index (χ3n) is 3.46. The van der Waals surface area contributed by atoms with Gasteiger partial charge in [-0.05, 0) is 18.6 Å². The van der Waals surface area contributed by atoms with E-state index in [1.165, 1.54) is 4.90 Å². The van der Waals surface area contributed by atoms with Crippen LogP contribution in [0, 0.1) is 0 Å². The molecule has 0 aliphatic carbocycles. The molecule has 1 saturated heterocycles. The Hall–Kier alpha value is -1.46. The molecule has 1 heterocycles. The minimum atomic E-state index is -0.853. The zero-order chi connectivity index (χ0) is 14.0. The van der Waals surface area contributed by atoms with Gasteiger partial charge in [0.25, 0.3) is 0 Å². The topological polar surface area (TPSA) is 69.8 Å². The van der Waals surface area contributed by atoms with E-state index in [4.69, 9.17) is 22.4 Å². The number of hydrogen-bond acceptors (Lipinski definition) is 3. The molecule has 104 valence electrons. The van der Waals surface area contributed by atoms with Gasteiger partial charge in [-0.2, -0.15) is 0 Å². The van der Waals surface area contributed by atoms with Gasteiger partial charge in [-0.25, -0.2) is 4.79 Å². The number of carbonyl (C=O) groups is 1. The van der Waals surface area contributed by atoms with Crippen molar-refractivity contribution < 1.29 is 9.90 Å². The van der Waals surface area contributed by atoms with Crippen LogP contribution in [0.15, 0.2) is 18.2 Å². The van der Waals surface area contributed by atoms with E-state index in [0.29, 0.717) is 36.9 Å². The van der Waals surface area contributed by atoms with Crippen molar-refractivity contribution in [1.82, 2.24) is 9.80 Å². The van der Waals surface area contributed by atoms with Crippen LogP contribution in [-0.2, 0) is 6.54 Å².